The molecule has 0 radical (unpaired) electrons. The molecule has 1 unspecified atom stereocenters. The molecule has 1 aliphatic rings. The first-order valence-corrected chi connectivity index (χ1v) is 11.7. The van der Waals surface area contributed by atoms with Crippen molar-refractivity contribution in [3.05, 3.63) is 77.5 Å². The molecule has 35 heavy (non-hydrogen) atoms. The summed E-state index contributed by atoms with van der Waals surface area (Å²) in [5.74, 6) is 4.50. The zero-order valence-corrected chi connectivity index (χ0v) is 20.5. The van der Waals surface area contributed by atoms with Crippen molar-refractivity contribution in [3.63, 3.8) is 0 Å². The number of halogens is 2. The van der Waals surface area contributed by atoms with E-state index in [-0.39, 0.29) is 17.6 Å². The maximum atomic E-state index is 15.0. The number of hydrogen-bond acceptors (Lipinski definition) is 6. The van der Waals surface area contributed by atoms with E-state index in [9.17, 15) is 9.18 Å². The van der Waals surface area contributed by atoms with Crippen LogP contribution in [-0.4, -0.2) is 60.9 Å². The summed E-state index contributed by atoms with van der Waals surface area (Å²) in [6.45, 7) is 12.4. The third-order valence-corrected chi connectivity index (χ3v) is 6.09. The highest BCUT2D eigenvalue weighted by Gasteiger charge is 2.33. The predicted molar refractivity (Wildman–Crippen MR) is 134 cm³/mol. The van der Waals surface area contributed by atoms with Crippen LogP contribution in [0.5, 0.6) is 0 Å². The molecule has 1 atom stereocenters. The summed E-state index contributed by atoms with van der Waals surface area (Å²) in [7, 11) is 0. The molecule has 0 aromatic heterocycles. The predicted octanol–water partition coefficient (Wildman–Crippen LogP) is 3.87. The van der Waals surface area contributed by atoms with Gasteiger partial charge in [-0.15, -0.1) is 0 Å². The van der Waals surface area contributed by atoms with Gasteiger partial charge in [0.1, 0.15) is 17.7 Å². The molecular weight excluding hydrogens is 452 g/mol. The van der Waals surface area contributed by atoms with Crippen molar-refractivity contribution in [3.8, 4) is 0 Å². The zero-order valence-electron chi connectivity index (χ0n) is 20.5. The lowest BCUT2D eigenvalue weighted by atomic mass is 10.0. The van der Waals surface area contributed by atoms with Gasteiger partial charge >= 0.3 is 0 Å². The van der Waals surface area contributed by atoms with Gasteiger partial charge in [-0.2, -0.15) is 5.90 Å². The van der Waals surface area contributed by atoms with Gasteiger partial charge in [0.2, 0.25) is 11.8 Å². The minimum Gasteiger partial charge on any atom is -0.391 e. The van der Waals surface area contributed by atoms with Crippen LogP contribution in [0, 0.1) is 11.6 Å². The number of allylic oxidation sites excluding steroid dienone is 1. The number of carbonyl (C=O) groups excluding carboxylic acids is 1. The number of aliphatic imine (C=N–C) groups is 1. The van der Waals surface area contributed by atoms with E-state index in [1.807, 2.05) is 23.6 Å². The minimum absolute atomic E-state index is 0.0595. The van der Waals surface area contributed by atoms with Gasteiger partial charge in [0.25, 0.3) is 0 Å². The topological polar surface area (TPSA) is 74.4 Å². The SMILES string of the molecule is C=C(C)/N=C(\ON)c1ccc(N2CCN(C(C(=O)N(CC)CC)c3cccc(F)c3)CC2)c(F)c1. The van der Waals surface area contributed by atoms with Gasteiger partial charge in [0, 0.05) is 50.5 Å². The Morgan fingerprint density at radius 1 is 1.14 bits per heavy atom. The van der Waals surface area contributed by atoms with Crippen molar-refractivity contribution in [1.82, 2.24) is 9.80 Å². The number of benzene rings is 2. The van der Waals surface area contributed by atoms with E-state index >= 15 is 4.39 Å². The van der Waals surface area contributed by atoms with Crippen molar-refractivity contribution in [2.75, 3.05) is 44.2 Å². The highest BCUT2D eigenvalue weighted by atomic mass is 19.1. The normalized spacial score (nSPS) is 15.6. The molecule has 188 valence electrons. The number of hydrogen-bond donors (Lipinski definition) is 1. The second-order valence-electron chi connectivity index (χ2n) is 8.43. The molecule has 2 N–H and O–H groups in total. The van der Waals surface area contributed by atoms with E-state index in [0.29, 0.717) is 61.8 Å². The first kappa shape index (κ1) is 26.3. The fraction of sp³-hybridized carbons (Fsp3) is 0.385. The maximum absolute atomic E-state index is 15.0. The van der Waals surface area contributed by atoms with Gasteiger partial charge < -0.3 is 14.6 Å². The molecule has 1 aliphatic heterocycles. The number of likely N-dealkylation sites (N-methyl/N-ethyl adjacent to an activating group) is 1. The fourth-order valence-electron chi connectivity index (χ4n) is 4.34. The van der Waals surface area contributed by atoms with Crippen molar-refractivity contribution in [1.29, 1.82) is 0 Å². The number of carbonyl (C=O) groups is 1. The van der Waals surface area contributed by atoms with Gasteiger partial charge in [0.05, 0.1) is 5.69 Å². The standard InChI is InChI=1S/C26H33F2N5O2/c1-5-31(6-2)26(34)24(19-8-7-9-21(27)16-19)33-14-12-32(13-15-33)23-11-10-20(17-22(23)28)25(35-29)30-18(3)4/h7-11,16-17,24H,3,5-6,12-15,29H2,1-2,4H3/b30-25-. The van der Waals surface area contributed by atoms with Crippen LogP contribution in [0.2, 0.25) is 0 Å². The molecule has 1 saturated heterocycles. The summed E-state index contributed by atoms with van der Waals surface area (Å²) in [5, 5.41) is 0. The molecule has 1 fully saturated rings. The van der Waals surface area contributed by atoms with Crippen LogP contribution in [0.15, 0.2) is 59.7 Å². The number of rotatable bonds is 8. The monoisotopic (exact) mass is 485 g/mol. The number of nitrogens with zero attached hydrogens (tertiary/aromatic N) is 4. The Bertz CT molecular complexity index is 1080. The second kappa shape index (κ2) is 11.9. The quantitative estimate of drug-likeness (QED) is 0.349. The maximum Gasteiger partial charge on any atom is 0.245 e. The smallest absolute Gasteiger partial charge is 0.245 e. The summed E-state index contributed by atoms with van der Waals surface area (Å²) in [5.41, 5.74) is 1.96. The van der Waals surface area contributed by atoms with Crippen molar-refractivity contribution in [2.45, 2.75) is 26.8 Å². The molecule has 0 spiro atoms. The Morgan fingerprint density at radius 2 is 1.83 bits per heavy atom. The molecule has 1 heterocycles. The molecule has 0 bridgehead atoms. The summed E-state index contributed by atoms with van der Waals surface area (Å²) >= 11 is 0. The summed E-state index contributed by atoms with van der Waals surface area (Å²) in [4.78, 5) is 28.0. The molecule has 0 saturated carbocycles. The van der Waals surface area contributed by atoms with Gasteiger partial charge in [0.15, 0.2) is 0 Å². The number of anilines is 1. The molecular formula is C26H33F2N5O2. The molecule has 2 aromatic rings. The Balaban J connectivity index is 1.80. The Morgan fingerprint density at radius 3 is 2.37 bits per heavy atom. The van der Waals surface area contributed by atoms with E-state index in [0.717, 1.165) is 0 Å². The van der Waals surface area contributed by atoms with E-state index in [1.165, 1.54) is 18.2 Å². The minimum atomic E-state index is -0.595. The van der Waals surface area contributed by atoms with Crippen molar-refractivity contribution < 1.29 is 18.4 Å². The molecule has 0 aliphatic carbocycles. The number of piperazine rings is 1. The van der Waals surface area contributed by atoms with Crippen LogP contribution in [0.1, 0.15) is 37.9 Å². The molecule has 9 heteroatoms. The summed E-state index contributed by atoms with van der Waals surface area (Å²) < 4.78 is 29.0. The van der Waals surface area contributed by atoms with Gasteiger partial charge in [-0.1, -0.05) is 18.7 Å². The van der Waals surface area contributed by atoms with E-state index in [4.69, 9.17) is 10.7 Å². The van der Waals surface area contributed by atoms with Crippen molar-refractivity contribution in [2.24, 2.45) is 10.9 Å². The van der Waals surface area contributed by atoms with Gasteiger partial charge in [-0.25, -0.2) is 13.8 Å². The van der Waals surface area contributed by atoms with Crippen molar-refractivity contribution >= 4 is 17.5 Å². The van der Waals surface area contributed by atoms with Gasteiger partial charge in [-0.3, -0.25) is 9.69 Å². The fourth-order valence-corrected chi connectivity index (χ4v) is 4.34. The van der Waals surface area contributed by atoms with E-state index in [1.54, 1.807) is 36.1 Å². The summed E-state index contributed by atoms with van der Waals surface area (Å²) in [6.07, 6.45) is 0. The number of amides is 1. The summed E-state index contributed by atoms with van der Waals surface area (Å²) in [6, 6.07) is 10.3. The Labute approximate surface area is 205 Å². The lowest BCUT2D eigenvalue weighted by molar-refractivity contribution is -0.137. The van der Waals surface area contributed by atoms with E-state index < -0.39 is 11.9 Å². The Kier molecular flexibility index (Phi) is 8.95. The largest absolute Gasteiger partial charge is 0.391 e. The van der Waals surface area contributed by atoms with Crippen LogP contribution in [0.3, 0.4) is 0 Å². The van der Waals surface area contributed by atoms with Crippen LogP contribution < -0.4 is 10.8 Å². The third-order valence-electron chi connectivity index (χ3n) is 6.09. The highest BCUT2D eigenvalue weighted by Crippen LogP contribution is 2.28. The first-order valence-electron chi connectivity index (χ1n) is 11.7. The molecule has 7 nitrogen and oxygen atoms in total. The van der Waals surface area contributed by atoms with Crippen LogP contribution in [0.4, 0.5) is 14.5 Å². The average molecular weight is 486 g/mol. The Hall–Kier alpha value is -3.30. The third kappa shape index (κ3) is 6.23. The average Bonchev–Trinajstić information content (AvgIpc) is 2.84. The van der Waals surface area contributed by atoms with Crippen LogP contribution in [-0.2, 0) is 9.63 Å². The molecule has 3 rings (SSSR count). The highest BCUT2D eigenvalue weighted by molar-refractivity contribution is 5.95. The zero-order chi connectivity index (χ0) is 25.5. The lowest BCUT2D eigenvalue weighted by Gasteiger charge is -2.41. The van der Waals surface area contributed by atoms with Crippen LogP contribution in [0.25, 0.3) is 0 Å². The van der Waals surface area contributed by atoms with Gasteiger partial charge in [-0.05, 0) is 56.7 Å². The molecule has 2 aromatic carbocycles. The van der Waals surface area contributed by atoms with Crippen LogP contribution >= 0.6 is 0 Å². The lowest BCUT2D eigenvalue weighted by Crippen LogP contribution is -2.52. The second-order valence-corrected chi connectivity index (χ2v) is 8.43. The first-order chi connectivity index (χ1) is 16.8. The number of nitrogens with two attached hydrogens (primary N) is 1. The van der Waals surface area contributed by atoms with E-state index in [2.05, 4.69) is 11.6 Å². The molecule has 1 amide bonds.